The van der Waals surface area contributed by atoms with E-state index in [2.05, 4.69) is 17.2 Å². The van der Waals surface area contributed by atoms with E-state index < -0.39 is 11.0 Å². The predicted molar refractivity (Wildman–Crippen MR) is 124 cm³/mol. The van der Waals surface area contributed by atoms with Gasteiger partial charge in [0.15, 0.2) is 0 Å². The maximum Gasteiger partial charge on any atom is 0.245 e. The topological polar surface area (TPSA) is 86.5 Å². The van der Waals surface area contributed by atoms with Gasteiger partial charge in [-0.05, 0) is 50.1 Å². The van der Waals surface area contributed by atoms with Crippen molar-refractivity contribution < 1.29 is 14.3 Å². The lowest BCUT2D eigenvalue weighted by Crippen LogP contribution is -2.74. The molecular formula is C22H31Cl2N3O3. The number of amides is 1. The van der Waals surface area contributed by atoms with Crippen molar-refractivity contribution in [2.24, 2.45) is 11.1 Å². The largest absolute Gasteiger partial charge is 0.439 e. The molecule has 1 aromatic carbocycles. The molecule has 1 saturated carbocycles. The van der Waals surface area contributed by atoms with Crippen LogP contribution in [0.25, 0.3) is 0 Å². The SMILES string of the molecule is CCOC1CC(N)(C(=O)Nc2ccc(Oc3ccc(C)c(C)c3)nc2)C1(C)C.Cl.Cl. The molecule has 1 aromatic heterocycles. The zero-order valence-electron chi connectivity index (χ0n) is 18.0. The number of halogens is 2. The Labute approximate surface area is 190 Å². The zero-order chi connectivity index (χ0) is 20.5. The normalized spacial score (nSPS) is 21.5. The number of benzene rings is 1. The fourth-order valence-corrected chi connectivity index (χ4v) is 3.48. The molecule has 1 aliphatic rings. The first-order chi connectivity index (χ1) is 13.2. The van der Waals surface area contributed by atoms with E-state index in [0.717, 1.165) is 11.3 Å². The molecule has 0 bridgehead atoms. The maximum absolute atomic E-state index is 12.8. The van der Waals surface area contributed by atoms with Gasteiger partial charge in [0.1, 0.15) is 11.3 Å². The molecule has 3 rings (SSSR count). The van der Waals surface area contributed by atoms with Crippen LogP contribution in [0, 0.1) is 19.3 Å². The van der Waals surface area contributed by atoms with Gasteiger partial charge in [0.25, 0.3) is 0 Å². The molecule has 1 aliphatic carbocycles. The van der Waals surface area contributed by atoms with Crippen molar-refractivity contribution in [3.63, 3.8) is 0 Å². The van der Waals surface area contributed by atoms with Gasteiger partial charge in [0, 0.05) is 24.5 Å². The molecule has 0 spiro atoms. The molecule has 6 nitrogen and oxygen atoms in total. The lowest BCUT2D eigenvalue weighted by atomic mass is 9.54. The van der Waals surface area contributed by atoms with Crippen LogP contribution in [0.2, 0.25) is 0 Å². The van der Waals surface area contributed by atoms with Gasteiger partial charge in [-0.2, -0.15) is 0 Å². The second-order valence-corrected chi connectivity index (χ2v) is 8.03. The third kappa shape index (κ3) is 4.89. The Kier molecular flexibility index (Phi) is 8.69. The van der Waals surface area contributed by atoms with Crippen LogP contribution in [0.5, 0.6) is 11.6 Å². The lowest BCUT2D eigenvalue weighted by Gasteiger charge is -2.57. The van der Waals surface area contributed by atoms with Gasteiger partial charge in [-0.3, -0.25) is 4.79 Å². The van der Waals surface area contributed by atoms with Crippen molar-refractivity contribution in [2.45, 2.75) is 52.7 Å². The molecule has 2 unspecified atom stereocenters. The highest BCUT2D eigenvalue weighted by Gasteiger charge is 2.62. The summed E-state index contributed by atoms with van der Waals surface area (Å²) < 4.78 is 11.5. The number of nitrogens with zero attached hydrogens (tertiary/aromatic N) is 1. The number of pyridine rings is 1. The molecule has 2 atom stereocenters. The Balaban J connectivity index is 0.00000225. The van der Waals surface area contributed by atoms with Crippen LogP contribution < -0.4 is 15.8 Å². The predicted octanol–water partition coefficient (Wildman–Crippen LogP) is 4.81. The number of aryl methyl sites for hydroxylation is 2. The maximum atomic E-state index is 12.8. The molecule has 0 radical (unpaired) electrons. The number of carbonyl (C=O) groups is 1. The molecule has 3 N–H and O–H groups in total. The number of hydrogen-bond acceptors (Lipinski definition) is 5. The molecular weight excluding hydrogens is 425 g/mol. The van der Waals surface area contributed by atoms with Crippen LogP contribution in [-0.4, -0.2) is 29.1 Å². The quantitative estimate of drug-likeness (QED) is 0.652. The summed E-state index contributed by atoms with van der Waals surface area (Å²) in [5.41, 5.74) is 7.95. The fourth-order valence-electron chi connectivity index (χ4n) is 3.48. The second-order valence-electron chi connectivity index (χ2n) is 8.03. The molecule has 166 valence electrons. The summed E-state index contributed by atoms with van der Waals surface area (Å²) in [6.45, 7) is 10.6. The highest BCUT2D eigenvalue weighted by molar-refractivity contribution is 5.99. The number of ether oxygens (including phenoxy) is 2. The minimum absolute atomic E-state index is 0. The summed E-state index contributed by atoms with van der Waals surface area (Å²) in [5, 5.41) is 2.87. The van der Waals surface area contributed by atoms with E-state index in [1.807, 2.05) is 45.9 Å². The standard InChI is InChI=1S/C22H29N3O3.2ClH/c1-6-27-18-12-22(23,21(18,4)5)20(26)25-16-8-10-19(24-13-16)28-17-9-7-14(2)15(3)11-17;;/h7-11,13,18H,6,12,23H2,1-5H3,(H,25,26);2*1H. The number of carbonyl (C=O) groups excluding carboxylic acids is 1. The smallest absolute Gasteiger partial charge is 0.245 e. The summed E-state index contributed by atoms with van der Waals surface area (Å²) in [6, 6.07) is 9.37. The van der Waals surface area contributed by atoms with Gasteiger partial charge in [-0.15, -0.1) is 24.8 Å². The molecule has 0 aliphatic heterocycles. The molecule has 30 heavy (non-hydrogen) atoms. The van der Waals surface area contributed by atoms with Crippen LogP contribution in [0.15, 0.2) is 36.5 Å². The van der Waals surface area contributed by atoms with Gasteiger partial charge >= 0.3 is 0 Å². The summed E-state index contributed by atoms with van der Waals surface area (Å²) in [4.78, 5) is 17.1. The van der Waals surface area contributed by atoms with Crippen molar-refractivity contribution in [1.82, 2.24) is 4.98 Å². The highest BCUT2D eigenvalue weighted by atomic mass is 35.5. The Morgan fingerprint density at radius 3 is 2.43 bits per heavy atom. The van der Waals surface area contributed by atoms with E-state index in [4.69, 9.17) is 15.2 Å². The number of rotatable bonds is 6. The number of hydrogen-bond donors (Lipinski definition) is 2. The fraction of sp³-hybridized carbons (Fsp3) is 0.455. The van der Waals surface area contributed by atoms with Gasteiger partial charge in [-0.1, -0.05) is 19.9 Å². The van der Waals surface area contributed by atoms with Gasteiger partial charge in [-0.25, -0.2) is 4.98 Å². The summed E-state index contributed by atoms with van der Waals surface area (Å²) in [7, 11) is 0. The van der Waals surface area contributed by atoms with E-state index in [-0.39, 0.29) is 36.8 Å². The van der Waals surface area contributed by atoms with Crippen LogP contribution in [0.1, 0.15) is 38.3 Å². The molecule has 2 aromatic rings. The summed E-state index contributed by atoms with van der Waals surface area (Å²) in [5.74, 6) is 0.966. The van der Waals surface area contributed by atoms with Crippen molar-refractivity contribution in [3.8, 4) is 11.6 Å². The number of nitrogens with two attached hydrogens (primary N) is 1. The number of anilines is 1. The van der Waals surface area contributed by atoms with E-state index in [1.54, 1.807) is 18.3 Å². The van der Waals surface area contributed by atoms with Crippen molar-refractivity contribution in [2.75, 3.05) is 11.9 Å². The van der Waals surface area contributed by atoms with Gasteiger partial charge < -0.3 is 20.5 Å². The average Bonchev–Trinajstić information content (AvgIpc) is 2.66. The molecule has 1 fully saturated rings. The monoisotopic (exact) mass is 455 g/mol. The minimum atomic E-state index is -0.971. The van der Waals surface area contributed by atoms with Crippen molar-refractivity contribution in [1.29, 1.82) is 0 Å². The zero-order valence-corrected chi connectivity index (χ0v) is 19.7. The van der Waals surface area contributed by atoms with Crippen LogP contribution in [0.4, 0.5) is 5.69 Å². The lowest BCUT2D eigenvalue weighted by molar-refractivity contribution is -0.166. The molecule has 8 heteroatoms. The van der Waals surface area contributed by atoms with E-state index >= 15 is 0 Å². The van der Waals surface area contributed by atoms with E-state index in [1.165, 1.54) is 5.56 Å². The Morgan fingerprint density at radius 2 is 1.90 bits per heavy atom. The van der Waals surface area contributed by atoms with E-state index in [9.17, 15) is 4.79 Å². The Hall–Kier alpha value is -1.86. The van der Waals surface area contributed by atoms with Crippen LogP contribution in [0.3, 0.4) is 0 Å². The number of aromatic nitrogens is 1. The summed E-state index contributed by atoms with van der Waals surface area (Å²) in [6.07, 6.45) is 2.06. The minimum Gasteiger partial charge on any atom is -0.439 e. The second kappa shape index (κ2) is 9.96. The van der Waals surface area contributed by atoms with Gasteiger partial charge in [0.05, 0.1) is 18.0 Å². The third-order valence-electron chi connectivity index (χ3n) is 5.93. The van der Waals surface area contributed by atoms with Crippen molar-refractivity contribution >= 4 is 36.4 Å². The first-order valence-electron chi connectivity index (χ1n) is 9.60. The van der Waals surface area contributed by atoms with Crippen molar-refractivity contribution in [3.05, 3.63) is 47.7 Å². The van der Waals surface area contributed by atoms with E-state index in [0.29, 0.717) is 24.6 Å². The number of nitrogens with one attached hydrogen (secondary N) is 1. The third-order valence-corrected chi connectivity index (χ3v) is 5.93. The molecule has 0 saturated heterocycles. The van der Waals surface area contributed by atoms with Crippen LogP contribution in [-0.2, 0) is 9.53 Å². The Bertz CT molecular complexity index is 874. The Morgan fingerprint density at radius 1 is 1.20 bits per heavy atom. The van der Waals surface area contributed by atoms with Crippen LogP contribution >= 0.6 is 24.8 Å². The summed E-state index contributed by atoms with van der Waals surface area (Å²) >= 11 is 0. The molecule has 1 heterocycles. The average molecular weight is 456 g/mol. The highest BCUT2D eigenvalue weighted by Crippen LogP contribution is 2.50. The van der Waals surface area contributed by atoms with Gasteiger partial charge in [0.2, 0.25) is 11.8 Å². The first kappa shape index (κ1) is 26.2. The first-order valence-corrected chi connectivity index (χ1v) is 9.60. The molecule has 1 amide bonds.